The van der Waals surface area contributed by atoms with Crippen LogP contribution in [0.3, 0.4) is 0 Å². The fourth-order valence-electron chi connectivity index (χ4n) is 2.10. The fourth-order valence-corrected chi connectivity index (χ4v) is 2.63. The molecule has 0 unspecified atom stereocenters. The van der Waals surface area contributed by atoms with Gasteiger partial charge in [-0.15, -0.1) is 0 Å². The fraction of sp³-hybridized carbons (Fsp3) is 0.214. The Hall–Kier alpha value is -2.52. The first kappa shape index (κ1) is 16.8. The van der Waals surface area contributed by atoms with E-state index in [0.29, 0.717) is 18.7 Å². The van der Waals surface area contributed by atoms with Crippen molar-refractivity contribution < 1.29 is 13.3 Å². The van der Waals surface area contributed by atoms with Gasteiger partial charge in [0.1, 0.15) is 5.69 Å². The van der Waals surface area contributed by atoms with E-state index >= 15 is 0 Å². The van der Waals surface area contributed by atoms with Crippen LogP contribution < -0.4 is 10.0 Å². The van der Waals surface area contributed by atoms with E-state index in [0.717, 1.165) is 11.8 Å². The molecular weight excluding hydrogens is 320 g/mol. The molecular formula is C14H16N4O4S. The second kappa shape index (κ2) is 6.71. The van der Waals surface area contributed by atoms with Crippen LogP contribution in [0.15, 0.2) is 47.5 Å². The van der Waals surface area contributed by atoms with Crippen LogP contribution in [0, 0.1) is 10.1 Å². The van der Waals surface area contributed by atoms with Crippen molar-refractivity contribution in [1.29, 1.82) is 0 Å². The summed E-state index contributed by atoms with van der Waals surface area (Å²) in [6.07, 6.45) is 2.28. The van der Waals surface area contributed by atoms with Crippen LogP contribution in [0.2, 0.25) is 0 Å². The number of primary sulfonamides is 1. The standard InChI is InChI=1S/C14H16N4O4S/c1-17(9-7-11-4-2-3-8-16-11)13-6-5-12(23(15,21)22)10-14(13)18(19)20/h2-6,8,10H,7,9H2,1H3,(H2,15,21,22). The van der Waals surface area contributed by atoms with Gasteiger partial charge in [0.05, 0.1) is 9.82 Å². The molecule has 122 valence electrons. The molecule has 0 saturated carbocycles. The summed E-state index contributed by atoms with van der Waals surface area (Å²) in [6.45, 7) is 0.493. The number of nitrogens with two attached hydrogens (primary N) is 1. The van der Waals surface area contributed by atoms with E-state index in [-0.39, 0.29) is 10.6 Å². The number of rotatable bonds is 6. The van der Waals surface area contributed by atoms with Gasteiger partial charge >= 0.3 is 0 Å². The molecule has 1 heterocycles. The number of hydrogen-bond acceptors (Lipinski definition) is 6. The molecule has 0 aliphatic heterocycles. The zero-order valence-corrected chi connectivity index (χ0v) is 13.2. The van der Waals surface area contributed by atoms with Gasteiger partial charge in [-0.3, -0.25) is 15.1 Å². The summed E-state index contributed by atoms with van der Waals surface area (Å²) in [6, 6.07) is 9.16. The number of nitrogens with zero attached hydrogens (tertiary/aromatic N) is 3. The smallest absolute Gasteiger partial charge is 0.293 e. The van der Waals surface area contributed by atoms with Gasteiger partial charge in [-0.2, -0.15) is 0 Å². The summed E-state index contributed by atoms with van der Waals surface area (Å²) in [5.41, 5.74) is 0.876. The molecule has 0 amide bonds. The number of likely N-dealkylation sites (N-methyl/N-ethyl adjacent to an activating group) is 1. The quantitative estimate of drug-likeness (QED) is 0.627. The molecule has 0 spiro atoms. The number of anilines is 1. The zero-order valence-electron chi connectivity index (χ0n) is 12.4. The maximum atomic E-state index is 11.3. The van der Waals surface area contributed by atoms with Crippen molar-refractivity contribution in [2.24, 2.45) is 5.14 Å². The molecule has 0 saturated heterocycles. The minimum absolute atomic E-state index is 0.286. The number of hydrogen-bond donors (Lipinski definition) is 1. The SMILES string of the molecule is CN(CCc1ccccn1)c1ccc(S(N)(=O)=O)cc1[N+](=O)[O-]. The van der Waals surface area contributed by atoms with Crippen molar-refractivity contribution in [3.8, 4) is 0 Å². The summed E-state index contributed by atoms with van der Waals surface area (Å²) in [4.78, 5) is 16.2. The topological polar surface area (TPSA) is 119 Å². The largest absolute Gasteiger partial charge is 0.369 e. The maximum absolute atomic E-state index is 11.3. The minimum Gasteiger partial charge on any atom is -0.369 e. The first-order valence-corrected chi connectivity index (χ1v) is 8.26. The zero-order chi connectivity index (χ0) is 17.0. The molecule has 23 heavy (non-hydrogen) atoms. The Labute approximate surface area is 133 Å². The Bertz CT molecular complexity index is 809. The van der Waals surface area contributed by atoms with Gasteiger partial charge in [0.25, 0.3) is 5.69 Å². The lowest BCUT2D eigenvalue weighted by Gasteiger charge is -2.19. The molecule has 1 aromatic heterocycles. The molecule has 8 nitrogen and oxygen atoms in total. The predicted molar refractivity (Wildman–Crippen MR) is 85.7 cm³/mol. The number of nitro benzene ring substituents is 1. The first-order chi connectivity index (χ1) is 10.8. The van der Waals surface area contributed by atoms with E-state index in [1.807, 2.05) is 18.2 Å². The molecule has 2 aromatic rings. The van der Waals surface area contributed by atoms with Crippen LogP contribution in [0.1, 0.15) is 5.69 Å². The average Bonchev–Trinajstić information content (AvgIpc) is 2.52. The number of aromatic nitrogens is 1. The van der Waals surface area contributed by atoms with Gasteiger partial charge in [-0.25, -0.2) is 13.6 Å². The number of pyridine rings is 1. The highest BCUT2D eigenvalue weighted by Gasteiger charge is 2.21. The summed E-state index contributed by atoms with van der Waals surface area (Å²) >= 11 is 0. The van der Waals surface area contributed by atoms with E-state index in [9.17, 15) is 18.5 Å². The van der Waals surface area contributed by atoms with Crippen molar-refractivity contribution in [2.45, 2.75) is 11.3 Å². The third-order valence-corrected chi connectivity index (χ3v) is 4.22. The van der Waals surface area contributed by atoms with Crippen LogP contribution in [0.4, 0.5) is 11.4 Å². The van der Waals surface area contributed by atoms with Crippen molar-refractivity contribution >= 4 is 21.4 Å². The third kappa shape index (κ3) is 4.24. The Balaban J connectivity index is 2.25. The maximum Gasteiger partial charge on any atom is 0.293 e. The van der Waals surface area contributed by atoms with Crippen LogP contribution in [0.5, 0.6) is 0 Å². The molecule has 0 aliphatic carbocycles. The Morgan fingerprint density at radius 3 is 2.61 bits per heavy atom. The predicted octanol–water partition coefficient (Wildman–Crippen LogP) is 1.32. The summed E-state index contributed by atoms with van der Waals surface area (Å²) in [7, 11) is -2.29. The molecule has 2 N–H and O–H groups in total. The minimum atomic E-state index is -3.99. The van der Waals surface area contributed by atoms with E-state index in [4.69, 9.17) is 5.14 Å². The Kier molecular flexibility index (Phi) is 4.92. The van der Waals surface area contributed by atoms with Crippen molar-refractivity contribution in [2.75, 3.05) is 18.5 Å². The van der Waals surface area contributed by atoms with Gasteiger partial charge < -0.3 is 4.90 Å². The van der Waals surface area contributed by atoms with Crippen molar-refractivity contribution in [3.63, 3.8) is 0 Å². The molecule has 0 atom stereocenters. The van der Waals surface area contributed by atoms with Crippen molar-refractivity contribution in [1.82, 2.24) is 4.98 Å². The van der Waals surface area contributed by atoms with E-state index in [1.165, 1.54) is 12.1 Å². The van der Waals surface area contributed by atoms with E-state index < -0.39 is 14.9 Å². The van der Waals surface area contributed by atoms with Gasteiger partial charge in [0.2, 0.25) is 10.0 Å². The van der Waals surface area contributed by atoms with Crippen LogP contribution in [-0.2, 0) is 16.4 Å². The highest BCUT2D eigenvalue weighted by atomic mass is 32.2. The summed E-state index contributed by atoms with van der Waals surface area (Å²) in [5, 5.41) is 16.2. The highest BCUT2D eigenvalue weighted by Crippen LogP contribution is 2.29. The normalized spacial score (nSPS) is 11.2. The van der Waals surface area contributed by atoms with Crippen LogP contribution in [-0.4, -0.2) is 31.9 Å². The van der Waals surface area contributed by atoms with Crippen LogP contribution in [0.25, 0.3) is 0 Å². The lowest BCUT2D eigenvalue weighted by atomic mass is 10.2. The number of nitro groups is 1. The summed E-state index contributed by atoms with van der Waals surface area (Å²) in [5.74, 6) is 0. The molecule has 2 rings (SSSR count). The van der Waals surface area contributed by atoms with Gasteiger partial charge in [-0.1, -0.05) is 6.07 Å². The molecule has 1 aromatic carbocycles. The number of benzene rings is 1. The second-order valence-corrected chi connectivity index (χ2v) is 6.51. The summed E-state index contributed by atoms with van der Waals surface area (Å²) < 4.78 is 22.7. The Morgan fingerprint density at radius 2 is 2.04 bits per heavy atom. The van der Waals surface area contributed by atoms with Gasteiger partial charge in [0.15, 0.2) is 0 Å². The first-order valence-electron chi connectivity index (χ1n) is 6.71. The average molecular weight is 336 g/mol. The lowest BCUT2D eigenvalue weighted by Crippen LogP contribution is -2.22. The molecule has 0 aliphatic rings. The molecule has 0 fully saturated rings. The van der Waals surface area contributed by atoms with E-state index in [1.54, 1.807) is 18.1 Å². The molecule has 0 radical (unpaired) electrons. The third-order valence-electron chi connectivity index (χ3n) is 3.31. The van der Waals surface area contributed by atoms with Gasteiger partial charge in [-0.05, 0) is 24.3 Å². The molecule has 9 heteroatoms. The molecule has 0 bridgehead atoms. The van der Waals surface area contributed by atoms with Gasteiger partial charge in [0, 0.05) is 38.0 Å². The van der Waals surface area contributed by atoms with Crippen LogP contribution >= 0.6 is 0 Å². The highest BCUT2D eigenvalue weighted by molar-refractivity contribution is 7.89. The second-order valence-electron chi connectivity index (χ2n) is 4.95. The number of sulfonamides is 1. The van der Waals surface area contributed by atoms with Crippen molar-refractivity contribution in [3.05, 3.63) is 58.4 Å². The monoisotopic (exact) mass is 336 g/mol. The van der Waals surface area contributed by atoms with E-state index in [2.05, 4.69) is 4.98 Å². The lowest BCUT2D eigenvalue weighted by molar-refractivity contribution is -0.384. The Morgan fingerprint density at radius 1 is 1.30 bits per heavy atom.